The third-order valence-corrected chi connectivity index (χ3v) is 8.24. The van der Waals surface area contributed by atoms with Crippen LogP contribution in [-0.4, -0.2) is 60.7 Å². The standard InChI is InChI=1S/C30H28F3N9O3/c1-15-5-6-34-26(36-15)20-10-21(20)28(44)39-24-9-18(8-23(38-24)30(31,32)33)35-11-19-13-41-12-17(16-3-4-16)7-22(27(41)37-19)42-14-25(43)40(2)29(42)45/h5-9,12-13,16,20-21H,3-4,10-11,14H2,1-2H3,(H2,35,38,39,44). The summed E-state index contributed by atoms with van der Waals surface area (Å²) in [6.07, 6.45) is 3.05. The van der Waals surface area contributed by atoms with Crippen LogP contribution in [0.2, 0.25) is 0 Å². The minimum Gasteiger partial charge on any atom is -0.379 e. The number of likely N-dealkylation sites (N-methyl/N-ethyl adjacent to an activating group) is 1. The van der Waals surface area contributed by atoms with E-state index in [0.717, 1.165) is 35.1 Å². The number of carbonyl (C=O) groups excluding carboxylic acids is 3. The van der Waals surface area contributed by atoms with Gasteiger partial charge in [-0.05, 0) is 55.9 Å². The molecule has 232 valence electrons. The summed E-state index contributed by atoms with van der Waals surface area (Å²) in [6.45, 7) is 1.75. The van der Waals surface area contributed by atoms with Gasteiger partial charge in [0.15, 0.2) is 5.65 Å². The molecule has 2 saturated carbocycles. The number of aromatic nitrogens is 5. The van der Waals surface area contributed by atoms with E-state index in [-0.39, 0.29) is 36.4 Å². The van der Waals surface area contributed by atoms with Gasteiger partial charge in [-0.3, -0.25) is 19.4 Å². The van der Waals surface area contributed by atoms with Gasteiger partial charge in [0, 0.05) is 54.9 Å². The highest BCUT2D eigenvalue weighted by Gasteiger charge is 2.46. The van der Waals surface area contributed by atoms with Gasteiger partial charge in [0.25, 0.3) is 0 Å². The monoisotopic (exact) mass is 619 g/mol. The maximum atomic E-state index is 13.8. The molecule has 2 aliphatic carbocycles. The van der Waals surface area contributed by atoms with Crippen LogP contribution in [0.1, 0.15) is 59.6 Å². The van der Waals surface area contributed by atoms with Crippen LogP contribution in [0.4, 0.5) is 35.2 Å². The van der Waals surface area contributed by atoms with Gasteiger partial charge in [-0.2, -0.15) is 13.2 Å². The van der Waals surface area contributed by atoms with Crippen LogP contribution in [0, 0.1) is 12.8 Å². The number of carbonyl (C=O) groups is 3. The van der Waals surface area contributed by atoms with Crippen LogP contribution in [0.5, 0.6) is 0 Å². The van der Waals surface area contributed by atoms with E-state index in [9.17, 15) is 27.6 Å². The number of hydrogen-bond acceptors (Lipinski definition) is 8. The largest absolute Gasteiger partial charge is 0.433 e. The molecule has 0 spiro atoms. The van der Waals surface area contributed by atoms with Crippen molar-refractivity contribution in [2.24, 2.45) is 5.92 Å². The van der Waals surface area contributed by atoms with E-state index in [0.29, 0.717) is 35.2 Å². The number of fused-ring (bicyclic) bond motifs is 1. The first-order chi connectivity index (χ1) is 21.4. The summed E-state index contributed by atoms with van der Waals surface area (Å²) in [5.74, 6) is -0.812. The van der Waals surface area contributed by atoms with Crippen molar-refractivity contribution in [1.29, 1.82) is 0 Å². The van der Waals surface area contributed by atoms with Crippen LogP contribution >= 0.6 is 0 Å². The Labute approximate surface area is 254 Å². The molecule has 2 atom stereocenters. The summed E-state index contributed by atoms with van der Waals surface area (Å²) in [5, 5.41) is 5.49. The van der Waals surface area contributed by atoms with E-state index in [1.165, 1.54) is 18.0 Å². The molecule has 0 bridgehead atoms. The normalized spacial score (nSPS) is 19.8. The summed E-state index contributed by atoms with van der Waals surface area (Å²) in [4.78, 5) is 57.2. The molecule has 4 aromatic rings. The molecule has 0 aromatic carbocycles. The predicted octanol–water partition coefficient (Wildman–Crippen LogP) is 4.48. The molecule has 45 heavy (non-hydrogen) atoms. The molecular weight excluding hydrogens is 591 g/mol. The van der Waals surface area contributed by atoms with Gasteiger partial charge in [-0.15, -0.1) is 0 Å². The number of halogens is 3. The Balaban J connectivity index is 1.12. The summed E-state index contributed by atoms with van der Waals surface area (Å²) >= 11 is 0. The zero-order chi connectivity index (χ0) is 31.6. The van der Waals surface area contributed by atoms with Crippen molar-refractivity contribution in [2.75, 3.05) is 29.1 Å². The molecule has 1 saturated heterocycles. The van der Waals surface area contributed by atoms with Gasteiger partial charge in [0.2, 0.25) is 11.8 Å². The summed E-state index contributed by atoms with van der Waals surface area (Å²) in [5.41, 5.74) is 2.13. The van der Waals surface area contributed by atoms with E-state index >= 15 is 0 Å². The maximum absolute atomic E-state index is 13.8. The van der Waals surface area contributed by atoms with E-state index < -0.39 is 29.7 Å². The lowest BCUT2D eigenvalue weighted by molar-refractivity contribution is -0.141. The molecule has 2 unspecified atom stereocenters. The SMILES string of the molecule is Cc1ccnc(C2CC2C(=O)Nc2cc(NCc3cn4cc(C5CC5)cc(N5CC(=O)N(C)C5=O)c4n3)cc(C(F)(F)F)n2)n1. The molecule has 15 heteroatoms. The molecule has 0 radical (unpaired) electrons. The third kappa shape index (κ3) is 5.65. The van der Waals surface area contributed by atoms with Gasteiger partial charge in [0.05, 0.1) is 17.9 Å². The quantitative estimate of drug-likeness (QED) is 0.276. The summed E-state index contributed by atoms with van der Waals surface area (Å²) < 4.78 is 43.1. The molecule has 2 N–H and O–H groups in total. The number of rotatable bonds is 8. The van der Waals surface area contributed by atoms with Crippen molar-refractivity contribution in [3.63, 3.8) is 0 Å². The number of nitrogens with zero attached hydrogens (tertiary/aromatic N) is 7. The van der Waals surface area contributed by atoms with E-state index in [1.54, 1.807) is 22.9 Å². The van der Waals surface area contributed by atoms with Gasteiger partial charge in [-0.25, -0.2) is 24.7 Å². The molecule has 3 aliphatic rings. The van der Waals surface area contributed by atoms with E-state index in [1.807, 2.05) is 19.2 Å². The number of anilines is 3. The topological polar surface area (TPSA) is 138 Å². The fourth-order valence-electron chi connectivity index (χ4n) is 5.53. The molecule has 4 aromatic heterocycles. The molecule has 5 heterocycles. The first-order valence-electron chi connectivity index (χ1n) is 14.5. The maximum Gasteiger partial charge on any atom is 0.433 e. The summed E-state index contributed by atoms with van der Waals surface area (Å²) in [7, 11) is 1.43. The van der Waals surface area contributed by atoms with Gasteiger partial charge < -0.3 is 15.0 Å². The van der Waals surface area contributed by atoms with E-state index in [2.05, 4.69) is 30.6 Å². The third-order valence-electron chi connectivity index (χ3n) is 8.24. The first-order valence-corrected chi connectivity index (χ1v) is 14.5. The summed E-state index contributed by atoms with van der Waals surface area (Å²) in [6, 6.07) is 5.38. The molecule has 12 nitrogen and oxygen atoms in total. The Kier molecular flexibility index (Phi) is 6.71. The van der Waals surface area contributed by atoms with Crippen molar-refractivity contribution in [1.82, 2.24) is 29.2 Å². The van der Waals surface area contributed by atoms with Crippen LogP contribution in [-0.2, 0) is 22.3 Å². The Bertz CT molecular complexity index is 1870. The van der Waals surface area contributed by atoms with Crippen molar-refractivity contribution in [2.45, 2.75) is 50.7 Å². The number of alkyl halides is 3. The number of urea groups is 1. The number of imidazole rings is 1. The minimum absolute atomic E-state index is 0.0384. The molecule has 1 aliphatic heterocycles. The number of nitrogens with one attached hydrogen (secondary N) is 2. The highest BCUT2D eigenvalue weighted by molar-refractivity contribution is 6.13. The Morgan fingerprint density at radius 1 is 1.09 bits per heavy atom. The molecule has 7 rings (SSSR count). The first kappa shape index (κ1) is 28.7. The predicted molar refractivity (Wildman–Crippen MR) is 155 cm³/mol. The second-order valence-corrected chi connectivity index (χ2v) is 11.7. The number of amides is 4. The van der Waals surface area contributed by atoms with Gasteiger partial charge in [0.1, 0.15) is 23.9 Å². The van der Waals surface area contributed by atoms with Crippen LogP contribution < -0.4 is 15.5 Å². The number of pyridine rings is 2. The second-order valence-electron chi connectivity index (χ2n) is 11.7. The van der Waals surface area contributed by atoms with Crippen molar-refractivity contribution >= 4 is 40.7 Å². The number of imide groups is 1. The smallest absolute Gasteiger partial charge is 0.379 e. The zero-order valence-corrected chi connectivity index (χ0v) is 24.3. The Hall–Kier alpha value is -5.08. The van der Waals surface area contributed by atoms with Crippen LogP contribution in [0.25, 0.3) is 5.65 Å². The molecular formula is C30H28F3N9O3. The number of hydrogen-bond donors (Lipinski definition) is 2. The fourth-order valence-corrected chi connectivity index (χ4v) is 5.53. The lowest BCUT2D eigenvalue weighted by Gasteiger charge is -2.17. The molecule has 3 fully saturated rings. The average Bonchev–Trinajstić information content (AvgIpc) is 3.92. The highest BCUT2D eigenvalue weighted by atomic mass is 19.4. The van der Waals surface area contributed by atoms with Gasteiger partial charge >= 0.3 is 12.2 Å². The van der Waals surface area contributed by atoms with Crippen LogP contribution in [0.15, 0.2) is 42.9 Å². The fraction of sp³-hybridized carbons (Fsp3) is 0.367. The van der Waals surface area contributed by atoms with Crippen molar-refractivity contribution < 1.29 is 27.6 Å². The molecule has 4 amide bonds. The van der Waals surface area contributed by atoms with Gasteiger partial charge in [-0.1, -0.05) is 0 Å². The Morgan fingerprint density at radius 2 is 1.89 bits per heavy atom. The zero-order valence-electron chi connectivity index (χ0n) is 24.3. The highest BCUT2D eigenvalue weighted by Crippen LogP contribution is 2.46. The van der Waals surface area contributed by atoms with Crippen molar-refractivity contribution in [3.8, 4) is 0 Å². The van der Waals surface area contributed by atoms with Crippen molar-refractivity contribution in [3.05, 3.63) is 71.3 Å². The second kappa shape index (κ2) is 10.5. The Morgan fingerprint density at radius 3 is 2.58 bits per heavy atom. The van der Waals surface area contributed by atoms with Crippen LogP contribution in [0.3, 0.4) is 0 Å². The average molecular weight is 620 g/mol. The lowest BCUT2D eigenvalue weighted by atomic mass is 10.1. The lowest BCUT2D eigenvalue weighted by Crippen LogP contribution is -2.30. The number of aryl methyl sites for hydroxylation is 1. The minimum atomic E-state index is -4.75. The van der Waals surface area contributed by atoms with E-state index in [4.69, 9.17) is 0 Å².